The molecule has 2 aliphatic rings. The van der Waals surface area contributed by atoms with E-state index in [1.54, 1.807) is 0 Å². The van der Waals surface area contributed by atoms with Crippen LogP contribution in [-0.4, -0.2) is 38.7 Å². The lowest BCUT2D eigenvalue weighted by molar-refractivity contribution is 0.356. The number of benzene rings is 1. The quantitative estimate of drug-likeness (QED) is 0.268. The molecule has 1 aliphatic carbocycles. The standard InChI is InChI=1S/C21H24FIN6O/c22-21-27-19(24)18-20(28-21)29(7-2-1-6-25-14-3-4-14)17(26-18)11-13-10-16-12(5-8-30-16)9-15(13)23/h9-10,14,25H,1-8,11H2,(H2,24,27,28). The smallest absolute Gasteiger partial charge is 0.312 e. The van der Waals surface area contributed by atoms with Crippen LogP contribution in [0.3, 0.4) is 0 Å². The van der Waals surface area contributed by atoms with Crippen molar-refractivity contribution in [1.29, 1.82) is 0 Å². The Hall–Kier alpha value is -2.01. The van der Waals surface area contributed by atoms with E-state index in [0.717, 1.165) is 49.6 Å². The van der Waals surface area contributed by atoms with Gasteiger partial charge in [-0.2, -0.15) is 14.4 Å². The molecule has 0 amide bonds. The zero-order chi connectivity index (χ0) is 20.7. The third kappa shape index (κ3) is 4.09. The van der Waals surface area contributed by atoms with Gasteiger partial charge in [-0.05, 0) is 78.1 Å². The van der Waals surface area contributed by atoms with Crippen LogP contribution in [0.5, 0.6) is 5.75 Å². The summed E-state index contributed by atoms with van der Waals surface area (Å²) in [5.41, 5.74) is 9.27. The van der Waals surface area contributed by atoms with Crippen LogP contribution in [0.4, 0.5) is 10.2 Å². The van der Waals surface area contributed by atoms with E-state index in [2.05, 4.69) is 50.0 Å². The monoisotopic (exact) mass is 522 g/mol. The molecule has 3 aromatic rings. The van der Waals surface area contributed by atoms with Crippen molar-refractivity contribution in [3.63, 3.8) is 0 Å². The zero-order valence-electron chi connectivity index (χ0n) is 16.6. The lowest BCUT2D eigenvalue weighted by atomic mass is 10.1. The Balaban J connectivity index is 1.43. The van der Waals surface area contributed by atoms with Crippen LogP contribution in [0.2, 0.25) is 0 Å². The number of imidazole rings is 1. The van der Waals surface area contributed by atoms with E-state index < -0.39 is 6.08 Å². The van der Waals surface area contributed by atoms with Crippen LogP contribution in [0, 0.1) is 9.65 Å². The predicted octanol–water partition coefficient (Wildman–Crippen LogP) is 3.21. The summed E-state index contributed by atoms with van der Waals surface area (Å²) in [5, 5.41) is 3.53. The Morgan fingerprint density at radius 2 is 2.10 bits per heavy atom. The normalized spacial score (nSPS) is 15.5. The summed E-state index contributed by atoms with van der Waals surface area (Å²) in [7, 11) is 0. The highest BCUT2D eigenvalue weighted by atomic mass is 127. The maximum atomic E-state index is 13.9. The number of nitrogens with two attached hydrogens (primary N) is 1. The van der Waals surface area contributed by atoms with Crippen molar-refractivity contribution < 1.29 is 9.13 Å². The average Bonchev–Trinajstić information content (AvgIpc) is 3.32. The molecule has 0 spiro atoms. The fourth-order valence-corrected chi connectivity index (χ4v) is 4.66. The Morgan fingerprint density at radius 3 is 2.93 bits per heavy atom. The Labute approximate surface area is 187 Å². The SMILES string of the molecule is Nc1nc(F)nc2c1nc(Cc1cc3c(cc1I)CCO3)n2CCCCNC1CC1. The molecule has 0 atom stereocenters. The van der Waals surface area contributed by atoms with Gasteiger partial charge in [-0.1, -0.05) is 0 Å². The summed E-state index contributed by atoms with van der Waals surface area (Å²) in [5.74, 6) is 1.85. The molecular weight excluding hydrogens is 498 g/mol. The highest BCUT2D eigenvalue weighted by Crippen LogP contribution is 2.31. The van der Waals surface area contributed by atoms with Gasteiger partial charge in [0.25, 0.3) is 0 Å². The van der Waals surface area contributed by atoms with Gasteiger partial charge in [0.1, 0.15) is 11.6 Å². The number of hydrogen-bond donors (Lipinski definition) is 2. The molecule has 0 unspecified atom stereocenters. The van der Waals surface area contributed by atoms with Crippen LogP contribution in [0.1, 0.15) is 42.6 Å². The number of hydrogen-bond acceptors (Lipinski definition) is 6. The molecule has 3 N–H and O–H groups in total. The van der Waals surface area contributed by atoms with Crippen LogP contribution in [0.15, 0.2) is 12.1 Å². The highest BCUT2D eigenvalue weighted by molar-refractivity contribution is 14.1. The van der Waals surface area contributed by atoms with Crippen LogP contribution in [-0.2, 0) is 19.4 Å². The first-order valence-corrected chi connectivity index (χ1v) is 11.5. The molecule has 9 heteroatoms. The average molecular weight is 522 g/mol. The number of fused-ring (bicyclic) bond motifs is 2. The molecule has 30 heavy (non-hydrogen) atoms. The van der Waals surface area contributed by atoms with E-state index in [4.69, 9.17) is 15.5 Å². The minimum Gasteiger partial charge on any atom is -0.493 e. The first kappa shape index (κ1) is 19.9. The van der Waals surface area contributed by atoms with Crippen LogP contribution >= 0.6 is 22.6 Å². The Morgan fingerprint density at radius 1 is 1.23 bits per heavy atom. The zero-order valence-corrected chi connectivity index (χ0v) is 18.8. The van der Waals surface area contributed by atoms with E-state index in [9.17, 15) is 4.39 Å². The lowest BCUT2D eigenvalue weighted by Gasteiger charge is -2.11. The number of unbranched alkanes of at least 4 members (excludes halogenated alkanes) is 1. The number of nitrogens with zero attached hydrogens (tertiary/aromatic N) is 4. The largest absolute Gasteiger partial charge is 0.493 e. The fourth-order valence-electron chi connectivity index (χ4n) is 3.94. The van der Waals surface area contributed by atoms with Gasteiger partial charge in [-0.15, -0.1) is 0 Å². The predicted molar refractivity (Wildman–Crippen MR) is 121 cm³/mol. The van der Waals surface area contributed by atoms with E-state index in [1.807, 2.05) is 4.57 Å². The number of halogens is 2. The first-order chi connectivity index (χ1) is 14.6. The van der Waals surface area contributed by atoms with Crippen molar-refractivity contribution in [2.75, 3.05) is 18.9 Å². The number of anilines is 1. The minimum absolute atomic E-state index is 0.0832. The van der Waals surface area contributed by atoms with Gasteiger partial charge >= 0.3 is 6.08 Å². The molecule has 5 rings (SSSR count). The molecule has 1 aromatic carbocycles. The van der Waals surface area contributed by atoms with Gasteiger partial charge in [0.2, 0.25) is 0 Å². The first-order valence-electron chi connectivity index (χ1n) is 10.4. The summed E-state index contributed by atoms with van der Waals surface area (Å²) in [6, 6.07) is 4.99. The number of rotatable bonds is 8. The lowest BCUT2D eigenvalue weighted by Crippen LogP contribution is -2.18. The molecule has 7 nitrogen and oxygen atoms in total. The number of nitrogen functional groups attached to an aromatic ring is 1. The molecule has 158 valence electrons. The molecule has 3 heterocycles. The van der Waals surface area contributed by atoms with Crippen molar-refractivity contribution in [3.8, 4) is 5.75 Å². The minimum atomic E-state index is -0.816. The van der Waals surface area contributed by atoms with Crippen LogP contribution < -0.4 is 15.8 Å². The van der Waals surface area contributed by atoms with Crippen LogP contribution in [0.25, 0.3) is 11.2 Å². The summed E-state index contributed by atoms with van der Waals surface area (Å²) >= 11 is 2.36. The topological polar surface area (TPSA) is 90.9 Å². The molecule has 0 radical (unpaired) electrons. The number of aryl methyl sites for hydroxylation is 1. The van der Waals surface area contributed by atoms with Gasteiger partial charge in [0.05, 0.1) is 6.61 Å². The van der Waals surface area contributed by atoms with Crippen molar-refractivity contribution in [2.45, 2.75) is 51.1 Å². The third-order valence-electron chi connectivity index (χ3n) is 5.70. The molecule has 0 saturated heterocycles. The molecule has 1 fully saturated rings. The van der Waals surface area contributed by atoms with Gasteiger partial charge in [0.15, 0.2) is 17.0 Å². The Bertz CT molecular complexity index is 1100. The van der Waals surface area contributed by atoms with E-state index in [0.29, 0.717) is 30.2 Å². The summed E-state index contributed by atoms with van der Waals surface area (Å²) in [6.45, 7) is 2.44. The second-order valence-corrected chi connectivity index (χ2v) is 9.15. The molecule has 1 aliphatic heterocycles. The third-order valence-corrected chi connectivity index (χ3v) is 6.70. The van der Waals surface area contributed by atoms with Gasteiger partial charge in [-0.3, -0.25) is 0 Å². The molecular formula is C21H24FIN6O. The number of nitrogens with one attached hydrogen (secondary N) is 1. The highest BCUT2D eigenvalue weighted by Gasteiger charge is 2.21. The van der Waals surface area contributed by atoms with Gasteiger partial charge in [0, 0.05) is 29.0 Å². The van der Waals surface area contributed by atoms with Gasteiger partial charge < -0.3 is 20.4 Å². The molecule has 0 bridgehead atoms. The maximum absolute atomic E-state index is 13.9. The number of aromatic nitrogens is 4. The Kier molecular flexibility index (Phi) is 5.48. The second kappa shape index (κ2) is 8.26. The van der Waals surface area contributed by atoms with E-state index in [1.165, 1.54) is 22.0 Å². The fraction of sp³-hybridized carbons (Fsp3) is 0.476. The van der Waals surface area contributed by atoms with Crippen molar-refractivity contribution in [2.24, 2.45) is 0 Å². The van der Waals surface area contributed by atoms with Gasteiger partial charge in [-0.25, -0.2) is 4.98 Å². The summed E-state index contributed by atoms with van der Waals surface area (Å²) < 4.78 is 22.8. The summed E-state index contributed by atoms with van der Waals surface area (Å²) in [6.07, 6.45) is 5.31. The van der Waals surface area contributed by atoms with E-state index >= 15 is 0 Å². The molecule has 1 saturated carbocycles. The van der Waals surface area contributed by atoms with Crippen molar-refractivity contribution >= 4 is 39.6 Å². The second-order valence-electron chi connectivity index (χ2n) is 7.99. The number of ether oxygens (including phenoxy) is 1. The van der Waals surface area contributed by atoms with Crippen molar-refractivity contribution in [1.82, 2.24) is 24.8 Å². The maximum Gasteiger partial charge on any atom is 0.312 e. The molecule has 2 aromatic heterocycles. The van der Waals surface area contributed by atoms with Crippen molar-refractivity contribution in [3.05, 3.63) is 38.7 Å². The summed E-state index contributed by atoms with van der Waals surface area (Å²) in [4.78, 5) is 12.4. The van der Waals surface area contributed by atoms with E-state index in [-0.39, 0.29) is 5.82 Å².